The van der Waals surface area contributed by atoms with Gasteiger partial charge < -0.3 is 44.8 Å². The SMILES string of the molecule is C.C1CCOC1.CC(=S)S.CC(=S)S.CCCCN1C=CN(C)C1.S=C=S.[Cl-].[Cl-].[Na+].[Na+].[Na+].[Na+].[OH-]. The quantitative estimate of drug-likeness (QED) is 0.175. The Labute approximate surface area is 343 Å². The fourth-order valence-corrected chi connectivity index (χ4v) is 1.61. The van der Waals surface area contributed by atoms with Crippen LogP contribution in [-0.2, 0) is 4.74 Å². The Balaban J connectivity index is -0.0000000218. The molecule has 0 aromatic carbocycles. The van der Waals surface area contributed by atoms with Crippen molar-refractivity contribution in [1.82, 2.24) is 9.80 Å². The van der Waals surface area contributed by atoms with E-state index in [-0.39, 0.29) is 156 Å². The van der Waals surface area contributed by atoms with Gasteiger partial charge in [0.2, 0.25) is 0 Å². The first kappa shape index (κ1) is 71.8. The summed E-state index contributed by atoms with van der Waals surface area (Å²) < 4.78 is 8.25. The molecule has 0 unspecified atom stereocenters. The standard InChI is InChI=1S/C8H16N2.C4H8O.2C2H4S2.CS2.CH4.2ClH.4Na.H2O/c1-3-4-5-10-7-6-9(2)8-10;1-2-4-5-3-1;2*1-2(3)4;2-1-3;;;;;;;;/h6-7H,3-5,8H2,1-2H3;1-4H2;2*1H3,(H,3,4);;1H4;2*1H;;;;;1H2/q;;;;;;;;4*+1;/p-3. The van der Waals surface area contributed by atoms with E-state index < -0.39 is 0 Å². The Morgan fingerprint density at radius 2 is 1.26 bits per heavy atom. The van der Waals surface area contributed by atoms with Crippen LogP contribution in [0.1, 0.15) is 53.9 Å². The van der Waals surface area contributed by atoms with E-state index in [4.69, 9.17) is 4.74 Å². The van der Waals surface area contributed by atoms with Gasteiger partial charge in [-0.1, -0.05) is 45.2 Å². The van der Waals surface area contributed by atoms with Crippen LogP contribution in [0.25, 0.3) is 0 Å². The van der Waals surface area contributed by atoms with Crippen LogP contribution >= 0.6 is 74.1 Å². The average Bonchev–Trinajstić information content (AvgIpc) is 3.19. The van der Waals surface area contributed by atoms with Crippen molar-refractivity contribution in [3.8, 4) is 0 Å². The van der Waals surface area contributed by atoms with E-state index in [0.717, 1.165) is 19.9 Å². The predicted octanol–water partition coefficient (Wildman–Crippen LogP) is -11.7. The van der Waals surface area contributed by atoms with Crippen molar-refractivity contribution in [3.05, 3.63) is 12.4 Å². The van der Waals surface area contributed by atoms with Gasteiger partial charge in [-0.25, -0.2) is 0 Å². The predicted molar refractivity (Wildman–Crippen MR) is 147 cm³/mol. The zero-order valence-electron chi connectivity index (χ0n) is 21.3. The summed E-state index contributed by atoms with van der Waals surface area (Å²) in [4.78, 5) is 4.53. The van der Waals surface area contributed by atoms with Crippen LogP contribution in [0.5, 0.6) is 0 Å². The summed E-state index contributed by atoms with van der Waals surface area (Å²) in [5, 5.41) is 0. The van der Waals surface area contributed by atoms with Gasteiger partial charge in [0.25, 0.3) is 0 Å². The molecule has 0 bridgehead atoms. The van der Waals surface area contributed by atoms with Crippen LogP contribution in [0, 0.1) is 0 Å². The zero-order chi connectivity index (χ0) is 20.8. The van der Waals surface area contributed by atoms with E-state index in [9.17, 15) is 0 Å². The summed E-state index contributed by atoms with van der Waals surface area (Å²) in [5.41, 5.74) is 0. The Morgan fingerprint density at radius 1 is 0.941 bits per heavy atom. The Bertz CT molecular complexity index is 414. The van der Waals surface area contributed by atoms with Crippen LogP contribution in [0.2, 0.25) is 0 Å². The minimum absolute atomic E-state index is 0. The van der Waals surface area contributed by atoms with Gasteiger partial charge in [0.15, 0.2) is 0 Å². The molecule has 16 heteroatoms. The largest absolute Gasteiger partial charge is 1.00 e. The molecule has 34 heavy (non-hydrogen) atoms. The van der Waals surface area contributed by atoms with E-state index in [1.54, 1.807) is 13.8 Å². The third-order valence-corrected chi connectivity index (χ3v) is 2.56. The summed E-state index contributed by atoms with van der Waals surface area (Å²) in [6, 6.07) is 0. The molecule has 0 atom stereocenters. The molecule has 2 heterocycles. The molecule has 1 N–H and O–H groups in total. The number of ether oxygens (including phenoxy) is 1. The van der Waals surface area contributed by atoms with Crippen molar-refractivity contribution in [2.24, 2.45) is 0 Å². The molecule has 2 rings (SSSR count). The van der Waals surface area contributed by atoms with Gasteiger partial charge in [0, 0.05) is 51.9 Å². The minimum atomic E-state index is 0. The van der Waals surface area contributed by atoms with Crippen molar-refractivity contribution in [2.45, 2.75) is 53.9 Å². The third kappa shape index (κ3) is 90.7. The second kappa shape index (κ2) is 61.8. The van der Waals surface area contributed by atoms with Gasteiger partial charge in [-0.2, -0.15) is 0 Å². The van der Waals surface area contributed by atoms with Crippen molar-refractivity contribution in [1.29, 1.82) is 0 Å². The molecule has 0 aromatic heterocycles. The van der Waals surface area contributed by atoms with E-state index in [2.05, 4.69) is 110 Å². The molecule has 0 spiro atoms. The smallest absolute Gasteiger partial charge is 1.00 e. The normalized spacial score (nSPS) is 10.3. The molecule has 2 aliphatic rings. The third-order valence-electron chi connectivity index (χ3n) is 2.56. The number of hydrogen-bond donors (Lipinski definition) is 2. The van der Waals surface area contributed by atoms with Crippen LogP contribution < -0.4 is 143 Å². The molecule has 2 aliphatic heterocycles. The monoisotopic (exact) mass is 667 g/mol. The molecule has 1 fully saturated rings. The van der Waals surface area contributed by atoms with Crippen molar-refractivity contribution in [2.75, 3.05) is 33.5 Å². The summed E-state index contributed by atoms with van der Waals surface area (Å²) in [7, 11) is 2.10. The van der Waals surface area contributed by atoms with Crippen LogP contribution in [0.15, 0.2) is 12.4 Å². The fourth-order valence-electron chi connectivity index (χ4n) is 1.61. The summed E-state index contributed by atoms with van der Waals surface area (Å²) >= 11 is 24.1. The molecular weight excluding hydrogens is 631 g/mol. The molecule has 0 saturated carbocycles. The zero-order valence-corrected chi connectivity index (χ0v) is 35.9. The maximum absolute atomic E-state index is 4.94. The Morgan fingerprint density at radius 3 is 1.44 bits per heavy atom. The molecule has 0 amide bonds. The van der Waals surface area contributed by atoms with Gasteiger partial charge >= 0.3 is 118 Å². The van der Waals surface area contributed by atoms with Gasteiger partial charge in [0.1, 0.15) is 0 Å². The van der Waals surface area contributed by atoms with Gasteiger partial charge in [0.05, 0.1) is 6.67 Å². The Kier molecular flexibility index (Phi) is 131. The topological polar surface area (TPSA) is 45.7 Å². The molecule has 0 aromatic rings. The number of nitrogens with zero attached hydrogens (tertiary/aromatic N) is 2. The number of rotatable bonds is 3. The maximum atomic E-state index is 4.94. The van der Waals surface area contributed by atoms with E-state index in [1.165, 1.54) is 32.2 Å². The summed E-state index contributed by atoms with van der Waals surface area (Å²) in [6.45, 7) is 10.0. The molecule has 184 valence electrons. The summed E-state index contributed by atoms with van der Waals surface area (Å²) in [5.74, 6) is 0. The second-order valence-electron chi connectivity index (χ2n) is 5.30. The molecule has 4 nitrogen and oxygen atoms in total. The van der Waals surface area contributed by atoms with Crippen molar-refractivity contribution in [3.63, 3.8) is 0 Å². The number of halogens is 2. The first-order valence-electron chi connectivity index (χ1n) is 8.29. The fraction of sp³-hybridized carbons (Fsp3) is 0.722. The van der Waals surface area contributed by atoms with Crippen molar-refractivity contribution >= 4 is 86.8 Å². The second-order valence-corrected chi connectivity index (χ2v) is 9.14. The number of thiocarbonyl (C=S) groups is 4. The van der Waals surface area contributed by atoms with Gasteiger partial charge in [-0.15, -0.1) is 25.3 Å². The van der Waals surface area contributed by atoms with Gasteiger partial charge in [-0.3, -0.25) is 0 Å². The van der Waals surface area contributed by atoms with Crippen LogP contribution in [0.4, 0.5) is 0 Å². The first-order chi connectivity index (χ1) is 12.2. The number of hydrogen-bond acceptors (Lipinski definition) is 8. The molecule has 0 aliphatic carbocycles. The Hall–Kier alpha value is 4.94. The van der Waals surface area contributed by atoms with Crippen molar-refractivity contribution < 1.29 is 153 Å². The average molecular weight is 669 g/mol. The minimum Gasteiger partial charge on any atom is -1.00 e. The van der Waals surface area contributed by atoms with Crippen LogP contribution in [0.3, 0.4) is 0 Å². The van der Waals surface area contributed by atoms with E-state index in [1.807, 2.05) is 4.31 Å². The number of unbranched alkanes of at least 4 members (excludes halogenated alkanes) is 1. The molecule has 0 radical (unpaired) electrons. The first-order valence-corrected chi connectivity index (χ1v) is 10.8. The van der Waals surface area contributed by atoms with E-state index >= 15 is 0 Å². The number of thiol groups is 2. The van der Waals surface area contributed by atoms with Crippen LogP contribution in [-0.4, -0.2) is 61.5 Å². The van der Waals surface area contributed by atoms with E-state index in [0.29, 0.717) is 8.39 Å². The van der Waals surface area contributed by atoms with Gasteiger partial charge in [-0.05, 0) is 57.5 Å². The maximum Gasteiger partial charge on any atom is 1.00 e. The molecular formula is C18H37Cl2N2Na4O2S6+. The summed E-state index contributed by atoms with van der Waals surface area (Å²) in [6.07, 6.45) is 9.43. The molecule has 1 saturated heterocycles.